The van der Waals surface area contributed by atoms with Gasteiger partial charge in [0.1, 0.15) is 0 Å². The molecule has 0 aliphatic rings. The van der Waals surface area contributed by atoms with Gasteiger partial charge in [-0.25, -0.2) is 0 Å². The lowest BCUT2D eigenvalue weighted by molar-refractivity contribution is -0.116. The maximum Gasteiger partial charge on any atom is 0.223 e. The van der Waals surface area contributed by atoms with Gasteiger partial charge < -0.3 is 4.90 Å². The molecule has 0 aromatic heterocycles. The van der Waals surface area contributed by atoms with Crippen LogP contribution in [0.2, 0.25) is 0 Å². The third-order valence-electron chi connectivity index (χ3n) is 2.40. The molecule has 0 saturated carbocycles. The summed E-state index contributed by atoms with van der Waals surface area (Å²) in [4.78, 5) is 12.8. The Bertz CT molecular complexity index is 331. The van der Waals surface area contributed by atoms with Gasteiger partial charge in [0.25, 0.3) is 0 Å². The van der Waals surface area contributed by atoms with Crippen molar-refractivity contribution in [3.8, 4) is 0 Å². The molecule has 0 spiro atoms. The first-order valence-electron chi connectivity index (χ1n) is 4.86. The zero-order chi connectivity index (χ0) is 10.7. The highest BCUT2D eigenvalue weighted by Gasteiger charge is 2.06. The Morgan fingerprint density at radius 3 is 2.50 bits per heavy atom. The van der Waals surface area contributed by atoms with Crippen LogP contribution in [0.25, 0.3) is 0 Å². The van der Waals surface area contributed by atoms with Gasteiger partial charge in [-0.2, -0.15) is 0 Å². The molecule has 0 aliphatic carbocycles. The van der Waals surface area contributed by atoms with Crippen molar-refractivity contribution in [3.63, 3.8) is 0 Å². The van der Waals surface area contributed by atoms with E-state index in [0.717, 1.165) is 5.69 Å². The van der Waals surface area contributed by atoms with Crippen molar-refractivity contribution in [1.82, 2.24) is 0 Å². The van der Waals surface area contributed by atoms with Crippen LogP contribution in [-0.4, -0.2) is 13.0 Å². The Labute approximate surface area is 85.5 Å². The number of carbonyl (C=O) groups is 1. The van der Waals surface area contributed by atoms with Crippen LogP contribution < -0.4 is 4.90 Å². The fourth-order valence-corrected chi connectivity index (χ4v) is 1.27. The highest BCUT2D eigenvalue weighted by Crippen LogP contribution is 2.20. The fourth-order valence-electron chi connectivity index (χ4n) is 1.27. The van der Waals surface area contributed by atoms with Crippen LogP contribution in [-0.2, 0) is 4.79 Å². The molecule has 1 rings (SSSR count). The number of amides is 1. The van der Waals surface area contributed by atoms with Crippen molar-refractivity contribution in [2.45, 2.75) is 26.7 Å². The highest BCUT2D eigenvalue weighted by atomic mass is 16.2. The molecule has 0 aliphatic heterocycles. The molecule has 0 heterocycles. The summed E-state index contributed by atoms with van der Waals surface area (Å²) in [5.41, 5.74) is 2.22. The van der Waals surface area contributed by atoms with Gasteiger partial charge in [-0.1, -0.05) is 26.0 Å². The molecule has 0 bridgehead atoms. The van der Waals surface area contributed by atoms with Crippen molar-refractivity contribution < 1.29 is 4.79 Å². The predicted molar refractivity (Wildman–Crippen MR) is 59.6 cm³/mol. The van der Waals surface area contributed by atoms with Crippen LogP contribution in [0.1, 0.15) is 32.3 Å². The lowest BCUT2D eigenvalue weighted by atomic mass is 10.0. The van der Waals surface area contributed by atoms with Crippen LogP contribution in [0.15, 0.2) is 24.3 Å². The van der Waals surface area contributed by atoms with E-state index >= 15 is 0 Å². The molecule has 0 unspecified atom stereocenters. The van der Waals surface area contributed by atoms with E-state index in [-0.39, 0.29) is 5.91 Å². The monoisotopic (exact) mass is 191 g/mol. The molecule has 0 atom stereocenters. The standard InChI is InChI=1S/C12H17NO/c1-9(2)11-6-5-7-12(8-11)13(4)10(3)14/h5-9H,1-4H3. The minimum atomic E-state index is 0.0610. The first kappa shape index (κ1) is 10.8. The largest absolute Gasteiger partial charge is 0.316 e. The molecule has 76 valence electrons. The Kier molecular flexibility index (Phi) is 3.28. The minimum Gasteiger partial charge on any atom is -0.316 e. The van der Waals surface area contributed by atoms with Crippen LogP contribution >= 0.6 is 0 Å². The number of hydrogen-bond acceptors (Lipinski definition) is 1. The smallest absolute Gasteiger partial charge is 0.223 e. The lowest BCUT2D eigenvalue weighted by Gasteiger charge is -2.16. The number of carbonyl (C=O) groups excluding carboxylic acids is 1. The molecular formula is C12H17NO. The Hall–Kier alpha value is -1.31. The molecule has 0 radical (unpaired) electrons. The van der Waals surface area contributed by atoms with E-state index in [1.54, 1.807) is 18.9 Å². The molecule has 2 heteroatoms. The topological polar surface area (TPSA) is 20.3 Å². The SMILES string of the molecule is CC(=O)N(C)c1cccc(C(C)C)c1. The fraction of sp³-hybridized carbons (Fsp3) is 0.417. The van der Waals surface area contributed by atoms with E-state index in [1.165, 1.54) is 5.56 Å². The zero-order valence-electron chi connectivity index (χ0n) is 9.24. The normalized spacial score (nSPS) is 10.4. The average molecular weight is 191 g/mol. The molecule has 0 saturated heterocycles. The van der Waals surface area contributed by atoms with Crippen LogP contribution in [0, 0.1) is 0 Å². The number of benzene rings is 1. The van der Waals surface area contributed by atoms with Gasteiger partial charge in [-0.05, 0) is 23.6 Å². The van der Waals surface area contributed by atoms with Gasteiger partial charge in [0, 0.05) is 19.7 Å². The number of anilines is 1. The Balaban J connectivity index is 2.99. The average Bonchev–Trinajstić information content (AvgIpc) is 2.16. The van der Waals surface area contributed by atoms with E-state index in [9.17, 15) is 4.79 Å². The second-order valence-corrected chi connectivity index (χ2v) is 3.83. The van der Waals surface area contributed by atoms with Crippen molar-refractivity contribution in [1.29, 1.82) is 0 Å². The molecule has 0 fully saturated rings. The van der Waals surface area contributed by atoms with Crippen LogP contribution in [0.4, 0.5) is 5.69 Å². The summed E-state index contributed by atoms with van der Waals surface area (Å²) >= 11 is 0. The van der Waals surface area contributed by atoms with Gasteiger partial charge >= 0.3 is 0 Å². The van der Waals surface area contributed by atoms with Crippen molar-refractivity contribution >= 4 is 11.6 Å². The molecular weight excluding hydrogens is 174 g/mol. The van der Waals surface area contributed by atoms with Crippen LogP contribution in [0.5, 0.6) is 0 Å². The summed E-state index contributed by atoms with van der Waals surface area (Å²) < 4.78 is 0. The second-order valence-electron chi connectivity index (χ2n) is 3.83. The quantitative estimate of drug-likeness (QED) is 0.704. The van der Waals surface area contributed by atoms with Gasteiger partial charge in [0.05, 0.1) is 0 Å². The van der Waals surface area contributed by atoms with E-state index in [0.29, 0.717) is 5.92 Å². The Morgan fingerprint density at radius 1 is 1.36 bits per heavy atom. The van der Waals surface area contributed by atoms with Gasteiger partial charge in [-0.15, -0.1) is 0 Å². The zero-order valence-corrected chi connectivity index (χ0v) is 9.24. The second kappa shape index (κ2) is 4.27. The highest BCUT2D eigenvalue weighted by molar-refractivity contribution is 5.90. The minimum absolute atomic E-state index is 0.0610. The summed E-state index contributed by atoms with van der Waals surface area (Å²) in [5, 5.41) is 0. The summed E-state index contributed by atoms with van der Waals surface area (Å²) in [6.45, 7) is 5.86. The van der Waals surface area contributed by atoms with Crippen LogP contribution in [0.3, 0.4) is 0 Å². The maximum atomic E-state index is 11.2. The Morgan fingerprint density at radius 2 is 2.00 bits per heavy atom. The van der Waals surface area contributed by atoms with Gasteiger partial charge in [0.15, 0.2) is 0 Å². The lowest BCUT2D eigenvalue weighted by Crippen LogP contribution is -2.22. The summed E-state index contributed by atoms with van der Waals surface area (Å²) in [7, 11) is 1.79. The van der Waals surface area contributed by atoms with E-state index in [4.69, 9.17) is 0 Å². The van der Waals surface area contributed by atoms with E-state index in [2.05, 4.69) is 26.0 Å². The van der Waals surface area contributed by atoms with Crippen molar-refractivity contribution in [2.75, 3.05) is 11.9 Å². The first-order valence-corrected chi connectivity index (χ1v) is 4.86. The molecule has 2 nitrogen and oxygen atoms in total. The summed E-state index contributed by atoms with van der Waals surface area (Å²) in [6, 6.07) is 8.09. The van der Waals surface area contributed by atoms with Gasteiger partial charge in [0.2, 0.25) is 5.91 Å². The maximum absolute atomic E-state index is 11.2. The molecule has 14 heavy (non-hydrogen) atoms. The molecule has 1 aromatic rings. The number of hydrogen-bond donors (Lipinski definition) is 0. The summed E-state index contributed by atoms with van der Waals surface area (Å²) in [5.74, 6) is 0.557. The third kappa shape index (κ3) is 2.34. The predicted octanol–water partition coefficient (Wildman–Crippen LogP) is 2.79. The third-order valence-corrected chi connectivity index (χ3v) is 2.40. The molecule has 1 amide bonds. The van der Waals surface area contributed by atoms with Crippen molar-refractivity contribution in [3.05, 3.63) is 29.8 Å². The molecule has 0 N–H and O–H groups in total. The number of nitrogens with zero attached hydrogens (tertiary/aromatic N) is 1. The summed E-state index contributed by atoms with van der Waals surface area (Å²) in [6.07, 6.45) is 0. The molecule has 1 aromatic carbocycles. The van der Waals surface area contributed by atoms with Crippen molar-refractivity contribution in [2.24, 2.45) is 0 Å². The van der Waals surface area contributed by atoms with E-state index in [1.807, 2.05) is 12.1 Å². The number of rotatable bonds is 2. The van der Waals surface area contributed by atoms with Gasteiger partial charge in [-0.3, -0.25) is 4.79 Å². The first-order chi connectivity index (χ1) is 6.52. The van der Waals surface area contributed by atoms with E-state index < -0.39 is 0 Å².